The predicted molar refractivity (Wildman–Crippen MR) is 118 cm³/mol. The first-order valence-electron chi connectivity index (χ1n) is 10.0. The van der Waals surface area contributed by atoms with Crippen LogP contribution < -0.4 is 10.1 Å². The Kier molecular flexibility index (Phi) is 6.02. The molecule has 150 valence electrons. The Bertz CT molecular complexity index is 1010. The van der Waals surface area contributed by atoms with Gasteiger partial charge in [-0.15, -0.1) is 0 Å². The largest absolute Gasteiger partial charge is 0.496 e. The summed E-state index contributed by atoms with van der Waals surface area (Å²) >= 11 is 6.10. The number of benzene rings is 3. The quantitative estimate of drug-likeness (QED) is 0.619. The van der Waals surface area contributed by atoms with Gasteiger partial charge in [-0.2, -0.15) is 0 Å². The second kappa shape index (κ2) is 8.85. The number of nitrogens with zero attached hydrogens (tertiary/aromatic N) is 1. The van der Waals surface area contributed by atoms with Gasteiger partial charge in [-0.25, -0.2) is 0 Å². The van der Waals surface area contributed by atoms with Gasteiger partial charge in [-0.3, -0.25) is 9.69 Å². The van der Waals surface area contributed by atoms with E-state index in [2.05, 4.69) is 52.7 Å². The number of ether oxygens (including phenoxy) is 1. The molecule has 1 heterocycles. The average Bonchev–Trinajstić information content (AvgIpc) is 3.28. The van der Waals surface area contributed by atoms with Crippen LogP contribution in [0.15, 0.2) is 60.7 Å². The van der Waals surface area contributed by atoms with E-state index in [1.54, 1.807) is 25.3 Å². The minimum Gasteiger partial charge on any atom is -0.496 e. The Balaban J connectivity index is 1.62. The van der Waals surface area contributed by atoms with Gasteiger partial charge in [0.05, 0.1) is 18.7 Å². The molecule has 3 aromatic rings. The number of halogens is 1. The minimum atomic E-state index is -0.172. The van der Waals surface area contributed by atoms with E-state index in [1.807, 2.05) is 0 Å². The van der Waals surface area contributed by atoms with Crippen molar-refractivity contribution in [1.82, 2.24) is 10.2 Å². The molecule has 29 heavy (non-hydrogen) atoms. The standard InChI is InChI=1S/C24H25ClN2O2/c1-29-23-12-11-18(25)15-21(23)24(28)26-16-22(27-13-4-5-14-27)20-10-6-8-17-7-2-3-9-19(17)20/h2-3,6-12,15,22H,4-5,13-14,16H2,1H3,(H,26,28)/t22-/m1/s1. The highest BCUT2D eigenvalue weighted by molar-refractivity contribution is 6.31. The molecule has 1 atom stereocenters. The van der Waals surface area contributed by atoms with E-state index >= 15 is 0 Å². The second-order valence-electron chi connectivity index (χ2n) is 7.38. The lowest BCUT2D eigenvalue weighted by Crippen LogP contribution is -2.37. The molecular weight excluding hydrogens is 384 g/mol. The molecular formula is C24H25ClN2O2. The normalized spacial score (nSPS) is 15.4. The molecule has 0 saturated carbocycles. The maximum atomic E-state index is 12.9. The van der Waals surface area contributed by atoms with Gasteiger partial charge in [-0.1, -0.05) is 54.1 Å². The van der Waals surface area contributed by atoms with Gasteiger partial charge in [-0.05, 0) is 60.5 Å². The molecule has 1 N–H and O–H groups in total. The number of methoxy groups -OCH3 is 1. The zero-order valence-electron chi connectivity index (χ0n) is 16.5. The highest BCUT2D eigenvalue weighted by Crippen LogP contribution is 2.31. The van der Waals surface area contributed by atoms with Gasteiger partial charge in [0.2, 0.25) is 0 Å². The number of fused-ring (bicyclic) bond motifs is 1. The first kappa shape index (κ1) is 19.7. The summed E-state index contributed by atoms with van der Waals surface area (Å²) in [5.41, 5.74) is 1.71. The van der Waals surface area contributed by atoms with Crippen LogP contribution in [0.1, 0.15) is 34.8 Å². The number of hydrogen-bond acceptors (Lipinski definition) is 3. The molecule has 0 spiro atoms. The van der Waals surface area contributed by atoms with Gasteiger partial charge < -0.3 is 10.1 Å². The van der Waals surface area contributed by atoms with Crippen molar-refractivity contribution in [2.24, 2.45) is 0 Å². The first-order valence-corrected chi connectivity index (χ1v) is 10.4. The maximum absolute atomic E-state index is 12.9. The molecule has 0 unspecified atom stereocenters. The fourth-order valence-electron chi connectivity index (χ4n) is 4.17. The molecule has 5 heteroatoms. The van der Waals surface area contributed by atoms with Gasteiger partial charge in [0.1, 0.15) is 5.75 Å². The number of carbonyl (C=O) groups is 1. The SMILES string of the molecule is COc1ccc(Cl)cc1C(=O)NC[C@H](c1cccc2ccccc12)N1CCCC1. The molecule has 1 saturated heterocycles. The summed E-state index contributed by atoms with van der Waals surface area (Å²) in [4.78, 5) is 15.4. The number of likely N-dealkylation sites (tertiary alicyclic amines) is 1. The Morgan fingerprint density at radius 3 is 2.66 bits per heavy atom. The number of hydrogen-bond donors (Lipinski definition) is 1. The summed E-state index contributed by atoms with van der Waals surface area (Å²) in [6.45, 7) is 2.62. The van der Waals surface area contributed by atoms with Gasteiger partial charge in [0, 0.05) is 11.6 Å². The fraction of sp³-hybridized carbons (Fsp3) is 0.292. The van der Waals surface area contributed by atoms with Crippen molar-refractivity contribution in [1.29, 1.82) is 0 Å². The zero-order chi connectivity index (χ0) is 20.2. The lowest BCUT2D eigenvalue weighted by molar-refractivity contribution is 0.0935. The van der Waals surface area contributed by atoms with Crippen LogP contribution in [-0.2, 0) is 0 Å². The topological polar surface area (TPSA) is 41.6 Å². The van der Waals surface area contributed by atoms with E-state index in [0.29, 0.717) is 22.9 Å². The van der Waals surface area contributed by atoms with Crippen molar-refractivity contribution in [3.05, 3.63) is 76.8 Å². The lowest BCUT2D eigenvalue weighted by atomic mass is 9.97. The summed E-state index contributed by atoms with van der Waals surface area (Å²) in [5.74, 6) is 0.351. The van der Waals surface area contributed by atoms with Crippen molar-refractivity contribution in [3.8, 4) is 5.75 Å². The Hall–Kier alpha value is -2.56. The number of carbonyl (C=O) groups excluding carboxylic acids is 1. The van der Waals surface area contributed by atoms with E-state index in [1.165, 1.54) is 29.2 Å². The Morgan fingerprint density at radius 1 is 1.10 bits per heavy atom. The van der Waals surface area contributed by atoms with Crippen LogP contribution >= 0.6 is 11.6 Å². The van der Waals surface area contributed by atoms with E-state index in [9.17, 15) is 4.79 Å². The number of amides is 1. The molecule has 1 amide bonds. The molecule has 4 nitrogen and oxygen atoms in total. The maximum Gasteiger partial charge on any atom is 0.255 e. The van der Waals surface area contributed by atoms with E-state index in [-0.39, 0.29) is 11.9 Å². The van der Waals surface area contributed by atoms with E-state index < -0.39 is 0 Å². The van der Waals surface area contributed by atoms with Crippen LogP contribution in [0.25, 0.3) is 10.8 Å². The Morgan fingerprint density at radius 2 is 1.86 bits per heavy atom. The molecule has 1 aliphatic heterocycles. The Labute approximate surface area is 176 Å². The van der Waals surface area contributed by atoms with Gasteiger partial charge in [0.15, 0.2) is 0 Å². The van der Waals surface area contributed by atoms with Crippen LogP contribution in [-0.4, -0.2) is 37.6 Å². The molecule has 1 aliphatic rings. The molecule has 4 rings (SSSR count). The lowest BCUT2D eigenvalue weighted by Gasteiger charge is -2.29. The highest BCUT2D eigenvalue weighted by atomic mass is 35.5. The summed E-state index contributed by atoms with van der Waals surface area (Å²) in [6.07, 6.45) is 2.38. The molecule has 0 bridgehead atoms. The number of rotatable bonds is 6. The third-order valence-corrected chi connectivity index (χ3v) is 5.86. The first-order chi connectivity index (χ1) is 14.2. The minimum absolute atomic E-state index is 0.123. The van der Waals surface area contributed by atoms with Gasteiger partial charge in [0.25, 0.3) is 5.91 Å². The van der Waals surface area contributed by atoms with Crippen LogP contribution in [0.4, 0.5) is 0 Å². The van der Waals surface area contributed by atoms with E-state index in [4.69, 9.17) is 16.3 Å². The van der Waals surface area contributed by atoms with Gasteiger partial charge >= 0.3 is 0 Å². The smallest absolute Gasteiger partial charge is 0.255 e. The molecule has 0 aliphatic carbocycles. The number of nitrogens with one attached hydrogen (secondary N) is 1. The monoisotopic (exact) mass is 408 g/mol. The molecule has 0 radical (unpaired) electrons. The van der Waals surface area contributed by atoms with Crippen molar-refractivity contribution >= 4 is 28.3 Å². The fourth-order valence-corrected chi connectivity index (χ4v) is 4.34. The summed E-state index contributed by atoms with van der Waals surface area (Å²) in [5, 5.41) is 6.09. The molecule has 0 aromatic heterocycles. The van der Waals surface area contributed by atoms with Crippen LogP contribution in [0.2, 0.25) is 5.02 Å². The highest BCUT2D eigenvalue weighted by Gasteiger charge is 2.26. The van der Waals surface area contributed by atoms with Crippen molar-refractivity contribution in [3.63, 3.8) is 0 Å². The molecule has 1 fully saturated rings. The summed E-state index contributed by atoms with van der Waals surface area (Å²) < 4.78 is 5.34. The third kappa shape index (κ3) is 4.24. The van der Waals surface area contributed by atoms with Crippen LogP contribution in [0.3, 0.4) is 0 Å². The van der Waals surface area contributed by atoms with Crippen LogP contribution in [0.5, 0.6) is 5.75 Å². The summed E-state index contributed by atoms with van der Waals surface area (Å²) in [6, 6.07) is 20.1. The third-order valence-electron chi connectivity index (χ3n) is 5.63. The van der Waals surface area contributed by atoms with Crippen molar-refractivity contribution in [2.75, 3.05) is 26.7 Å². The second-order valence-corrected chi connectivity index (χ2v) is 7.82. The molecule has 3 aromatic carbocycles. The van der Waals surface area contributed by atoms with E-state index in [0.717, 1.165) is 13.1 Å². The van der Waals surface area contributed by atoms with Crippen LogP contribution in [0, 0.1) is 0 Å². The van der Waals surface area contributed by atoms with Crippen molar-refractivity contribution < 1.29 is 9.53 Å². The predicted octanol–water partition coefficient (Wildman–Crippen LogP) is 5.07. The average molecular weight is 409 g/mol. The van der Waals surface area contributed by atoms with Crippen molar-refractivity contribution in [2.45, 2.75) is 18.9 Å². The summed E-state index contributed by atoms with van der Waals surface area (Å²) in [7, 11) is 1.56. The zero-order valence-corrected chi connectivity index (χ0v) is 17.3.